The van der Waals surface area contributed by atoms with Crippen LogP contribution in [-0.2, 0) is 12.8 Å². The van der Waals surface area contributed by atoms with Crippen molar-refractivity contribution in [1.82, 2.24) is 9.97 Å². The molecule has 3 aromatic rings. The van der Waals surface area contributed by atoms with Crippen LogP contribution in [-0.4, -0.2) is 9.97 Å². The van der Waals surface area contributed by atoms with E-state index in [-0.39, 0.29) is 0 Å². The fourth-order valence-corrected chi connectivity index (χ4v) is 3.55. The van der Waals surface area contributed by atoms with Crippen LogP contribution in [0.1, 0.15) is 17.5 Å². The molecule has 0 fully saturated rings. The molecule has 0 saturated carbocycles. The molecule has 4 rings (SSSR count). The second kappa shape index (κ2) is 4.84. The minimum atomic E-state index is 0.949. The smallest absolute Gasteiger partial charge is 0.142 e. The molecule has 0 bridgehead atoms. The predicted molar refractivity (Wildman–Crippen MR) is 82.8 cm³/mol. The summed E-state index contributed by atoms with van der Waals surface area (Å²) in [6.07, 6.45) is 5.53. The van der Waals surface area contributed by atoms with Crippen LogP contribution in [0.4, 0.5) is 0 Å². The number of benzene rings is 1. The monoisotopic (exact) mass is 278 g/mol. The van der Waals surface area contributed by atoms with E-state index in [1.807, 2.05) is 24.4 Å². The fourth-order valence-electron chi connectivity index (χ4n) is 2.74. The molecule has 2 aromatic heterocycles. The Kier molecular flexibility index (Phi) is 2.85. The normalized spacial score (nSPS) is 13.4. The van der Waals surface area contributed by atoms with Crippen molar-refractivity contribution in [2.75, 3.05) is 0 Å². The van der Waals surface area contributed by atoms with Gasteiger partial charge in [-0.05, 0) is 48.6 Å². The van der Waals surface area contributed by atoms with Gasteiger partial charge in [-0.15, -0.1) is 11.3 Å². The maximum absolute atomic E-state index is 4.73. The third kappa shape index (κ3) is 2.04. The van der Waals surface area contributed by atoms with Crippen LogP contribution in [0.2, 0.25) is 0 Å². The summed E-state index contributed by atoms with van der Waals surface area (Å²) >= 11 is 1.66. The molecule has 1 aliphatic carbocycles. The van der Waals surface area contributed by atoms with Crippen LogP contribution in [0.5, 0.6) is 0 Å². The first-order valence-corrected chi connectivity index (χ1v) is 7.77. The summed E-state index contributed by atoms with van der Waals surface area (Å²) in [6, 6.07) is 12.7. The summed E-state index contributed by atoms with van der Waals surface area (Å²) < 4.78 is 0. The Balaban J connectivity index is 1.72. The summed E-state index contributed by atoms with van der Waals surface area (Å²) in [5, 5.41) is 3.11. The van der Waals surface area contributed by atoms with Gasteiger partial charge in [-0.2, -0.15) is 0 Å². The summed E-state index contributed by atoms with van der Waals surface area (Å²) in [5.41, 5.74) is 6.24. The second-order valence-electron chi connectivity index (χ2n) is 5.09. The molecule has 0 spiro atoms. The molecule has 0 saturated heterocycles. The molecule has 0 unspecified atom stereocenters. The van der Waals surface area contributed by atoms with E-state index in [0.29, 0.717) is 0 Å². The van der Waals surface area contributed by atoms with Crippen molar-refractivity contribution in [3.05, 3.63) is 59.1 Å². The van der Waals surface area contributed by atoms with Gasteiger partial charge in [0.15, 0.2) is 0 Å². The van der Waals surface area contributed by atoms with Gasteiger partial charge in [-0.1, -0.05) is 18.2 Å². The minimum Gasteiger partial charge on any atom is -0.254 e. The van der Waals surface area contributed by atoms with Crippen LogP contribution in [0.25, 0.3) is 22.0 Å². The Morgan fingerprint density at radius 3 is 2.80 bits per heavy atom. The summed E-state index contributed by atoms with van der Waals surface area (Å²) in [6.45, 7) is 0. The average molecular weight is 278 g/mol. The third-order valence-electron chi connectivity index (χ3n) is 3.78. The number of rotatable bonds is 2. The zero-order valence-corrected chi connectivity index (χ0v) is 11.9. The Bertz CT molecular complexity index is 747. The predicted octanol–water partition coefficient (Wildman–Crippen LogP) is 4.36. The standard InChI is InChI=1S/C17H14N2S/c1-2-9-18-15(6-1)17-19-16(11-20-17)14-8-7-12-4-3-5-13(12)10-14/h1-2,6-11H,3-5H2. The molecule has 98 valence electrons. The first kappa shape index (κ1) is 11.8. The van der Waals surface area contributed by atoms with Gasteiger partial charge in [-0.3, -0.25) is 4.98 Å². The second-order valence-corrected chi connectivity index (χ2v) is 5.95. The molecule has 0 amide bonds. The molecule has 0 atom stereocenters. The number of pyridine rings is 1. The highest BCUT2D eigenvalue weighted by Gasteiger charge is 2.13. The van der Waals surface area contributed by atoms with Crippen molar-refractivity contribution < 1.29 is 0 Å². The lowest BCUT2D eigenvalue weighted by Crippen LogP contribution is -1.85. The number of hydrogen-bond acceptors (Lipinski definition) is 3. The van der Waals surface area contributed by atoms with Crippen molar-refractivity contribution in [3.63, 3.8) is 0 Å². The van der Waals surface area contributed by atoms with E-state index in [2.05, 4.69) is 28.6 Å². The number of nitrogens with zero attached hydrogens (tertiary/aromatic N) is 2. The maximum atomic E-state index is 4.73. The van der Waals surface area contributed by atoms with Crippen LogP contribution < -0.4 is 0 Å². The van der Waals surface area contributed by atoms with Crippen molar-refractivity contribution >= 4 is 11.3 Å². The van der Waals surface area contributed by atoms with Gasteiger partial charge in [0.25, 0.3) is 0 Å². The molecular formula is C17H14N2S. The number of aromatic nitrogens is 2. The van der Waals surface area contributed by atoms with E-state index in [1.165, 1.54) is 36.0 Å². The topological polar surface area (TPSA) is 25.8 Å². The molecule has 20 heavy (non-hydrogen) atoms. The third-order valence-corrected chi connectivity index (χ3v) is 4.65. The molecule has 2 heterocycles. The lowest BCUT2D eigenvalue weighted by atomic mass is 10.1. The SMILES string of the molecule is c1ccc(-c2nc(-c3ccc4c(c3)CCC4)cs2)nc1. The van der Waals surface area contributed by atoms with Gasteiger partial charge in [0.05, 0.1) is 11.4 Å². The Morgan fingerprint density at radius 2 is 1.90 bits per heavy atom. The number of hydrogen-bond donors (Lipinski definition) is 0. The molecule has 1 aromatic carbocycles. The lowest BCUT2D eigenvalue weighted by molar-refractivity contribution is 0.912. The van der Waals surface area contributed by atoms with Gasteiger partial charge >= 0.3 is 0 Å². The van der Waals surface area contributed by atoms with E-state index in [1.54, 1.807) is 11.3 Å². The van der Waals surface area contributed by atoms with E-state index >= 15 is 0 Å². The molecule has 0 radical (unpaired) electrons. The molecule has 2 nitrogen and oxygen atoms in total. The first-order valence-electron chi connectivity index (χ1n) is 6.89. The highest BCUT2D eigenvalue weighted by molar-refractivity contribution is 7.13. The van der Waals surface area contributed by atoms with Crippen molar-refractivity contribution in [2.45, 2.75) is 19.3 Å². The van der Waals surface area contributed by atoms with Gasteiger partial charge in [0.1, 0.15) is 5.01 Å². The van der Waals surface area contributed by atoms with Crippen molar-refractivity contribution in [2.24, 2.45) is 0 Å². The first-order chi connectivity index (χ1) is 9.90. The minimum absolute atomic E-state index is 0.949. The van der Waals surface area contributed by atoms with Gasteiger partial charge in [-0.25, -0.2) is 4.98 Å². The number of fused-ring (bicyclic) bond motifs is 1. The number of thiazole rings is 1. The van der Waals surface area contributed by atoms with Gasteiger partial charge < -0.3 is 0 Å². The highest BCUT2D eigenvalue weighted by Crippen LogP contribution is 2.31. The summed E-state index contributed by atoms with van der Waals surface area (Å²) in [7, 11) is 0. The van der Waals surface area contributed by atoms with Crippen LogP contribution >= 0.6 is 11.3 Å². The van der Waals surface area contributed by atoms with E-state index < -0.39 is 0 Å². The average Bonchev–Trinajstić information content (AvgIpc) is 3.16. The summed E-state index contributed by atoms with van der Waals surface area (Å²) in [4.78, 5) is 9.09. The zero-order chi connectivity index (χ0) is 13.4. The Morgan fingerprint density at radius 1 is 0.950 bits per heavy atom. The maximum Gasteiger partial charge on any atom is 0.142 e. The fraction of sp³-hybridized carbons (Fsp3) is 0.176. The zero-order valence-electron chi connectivity index (χ0n) is 11.0. The van der Waals surface area contributed by atoms with Crippen LogP contribution in [0.15, 0.2) is 48.0 Å². The van der Waals surface area contributed by atoms with Crippen molar-refractivity contribution in [3.8, 4) is 22.0 Å². The van der Waals surface area contributed by atoms with Crippen molar-refractivity contribution in [1.29, 1.82) is 0 Å². The summed E-state index contributed by atoms with van der Waals surface area (Å²) in [5.74, 6) is 0. The van der Waals surface area contributed by atoms with E-state index in [0.717, 1.165) is 16.4 Å². The molecule has 0 aliphatic heterocycles. The van der Waals surface area contributed by atoms with E-state index in [4.69, 9.17) is 4.98 Å². The number of aryl methyl sites for hydroxylation is 2. The molecule has 3 heteroatoms. The molecule has 0 N–H and O–H groups in total. The van der Waals surface area contributed by atoms with Gasteiger partial charge in [0, 0.05) is 17.1 Å². The molecular weight excluding hydrogens is 264 g/mol. The lowest BCUT2D eigenvalue weighted by Gasteiger charge is -2.02. The van der Waals surface area contributed by atoms with E-state index in [9.17, 15) is 0 Å². The quantitative estimate of drug-likeness (QED) is 0.696. The largest absolute Gasteiger partial charge is 0.254 e. The van der Waals surface area contributed by atoms with Crippen LogP contribution in [0, 0.1) is 0 Å². The highest BCUT2D eigenvalue weighted by atomic mass is 32.1. The molecule has 1 aliphatic rings. The van der Waals surface area contributed by atoms with Crippen LogP contribution in [0.3, 0.4) is 0 Å². The Labute approximate surface area is 122 Å². The Hall–Kier alpha value is -2.00. The van der Waals surface area contributed by atoms with Gasteiger partial charge in [0.2, 0.25) is 0 Å².